The van der Waals surface area contributed by atoms with E-state index >= 15 is 0 Å². The number of ether oxygens (including phenoxy) is 1. The molecule has 2 N–H and O–H groups in total. The van der Waals surface area contributed by atoms with Crippen molar-refractivity contribution in [3.8, 4) is 5.75 Å². The minimum absolute atomic E-state index is 0.0266. The van der Waals surface area contributed by atoms with Crippen molar-refractivity contribution in [2.45, 2.75) is 0 Å². The maximum atomic E-state index is 13.7. The zero-order valence-electron chi connectivity index (χ0n) is 17.0. The molecule has 0 aliphatic carbocycles. The van der Waals surface area contributed by atoms with Gasteiger partial charge in [-0.1, -0.05) is 41.9 Å². The Kier molecular flexibility index (Phi) is 6.37. The average Bonchev–Trinajstić information content (AvgIpc) is 3.09. The number of amides is 3. The number of para-hydroxylation sites is 2. The second-order valence-corrected chi connectivity index (χ2v) is 7.41. The van der Waals surface area contributed by atoms with Crippen LogP contribution in [0.1, 0.15) is 5.56 Å². The second kappa shape index (κ2) is 9.54. The number of nitrogens with one attached hydrogen (secondary N) is 2. The molecule has 3 aromatic rings. The van der Waals surface area contributed by atoms with Crippen LogP contribution < -0.4 is 20.5 Å². The van der Waals surface area contributed by atoms with E-state index in [9.17, 15) is 18.8 Å². The fraction of sp³-hybridized carbons (Fsp3) is 0.0417. The van der Waals surface area contributed by atoms with Gasteiger partial charge in [-0.15, -0.1) is 0 Å². The van der Waals surface area contributed by atoms with Gasteiger partial charge in [0.25, 0.3) is 17.7 Å². The normalized spacial score (nSPS) is 14.4. The highest BCUT2D eigenvalue weighted by molar-refractivity contribution is 6.32. The summed E-state index contributed by atoms with van der Waals surface area (Å²) >= 11 is 6.09. The summed E-state index contributed by atoms with van der Waals surface area (Å²) in [6.07, 6.45) is 1.34. The van der Waals surface area contributed by atoms with Gasteiger partial charge in [0.1, 0.15) is 17.1 Å². The van der Waals surface area contributed by atoms with E-state index in [2.05, 4.69) is 10.7 Å². The van der Waals surface area contributed by atoms with Gasteiger partial charge < -0.3 is 10.1 Å². The summed E-state index contributed by atoms with van der Waals surface area (Å²) in [5.41, 5.74) is 3.25. The van der Waals surface area contributed by atoms with Gasteiger partial charge in [-0.05, 0) is 48.5 Å². The van der Waals surface area contributed by atoms with Crippen LogP contribution in [0.5, 0.6) is 5.75 Å². The quantitative estimate of drug-likeness (QED) is 0.426. The fourth-order valence-electron chi connectivity index (χ4n) is 3.13. The molecule has 0 bridgehead atoms. The lowest BCUT2D eigenvalue weighted by Crippen LogP contribution is -2.35. The van der Waals surface area contributed by atoms with Crippen LogP contribution in [0.15, 0.2) is 78.4 Å². The largest absolute Gasteiger partial charge is 0.483 e. The van der Waals surface area contributed by atoms with Crippen molar-refractivity contribution < 1.29 is 23.5 Å². The lowest BCUT2D eigenvalue weighted by atomic mass is 10.1. The van der Waals surface area contributed by atoms with Gasteiger partial charge in [0.15, 0.2) is 6.61 Å². The summed E-state index contributed by atoms with van der Waals surface area (Å²) in [7, 11) is 0. The zero-order chi connectivity index (χ0) is 23.4. The summed E-state index contributed by atoms with van der Waals surface area (Å²) in [6.45, 7) is -0.428. The Hall–Kier alpha value is -4.17. The fourth-order valence-corrected chi connectivity index (χ4v) is 3.31. The van der Waals surface area contributed by atoms with Crippen LogP contribution in [0.2, 0.25) is 5.02 Å². The number of carbonyl (C=O) groups is 3. The third kappa shape index (κ3) is 5.02. The molecule has 0 radical (unpaired) electrons. The first-order valence-electron chi connectivity index (χ1n) is 9.81. The molecule has 7 nitrogen and oxygen atoms in total. The summed E-state index contributed by atoms with van der Waals surface area (Å²) in [6, 6.07) is 18.9. The molecule has 0 atom stereocenters. The molecule has 3 amide bonds. The van der Waals surface area contributed by atoms with Crippen LogP contribution in [-0.2, 0) is 14.4 Å². The van der Waals surface area contributed by atoms with Crippen molar-refractivity contribution >= 4 is 46.8 Å². The number of benzene rings is 3. The van der Waals surface area contributed by atoms with Crippen LogP contribution >= 0.6 is 11.6 Å². The van der Waals surface area contributed by atoms with E-state index in [0.717, 1.165) is 5.01 Å². The Labute approximate surface area is 193 Å². The Bertz CT molecular complexity index is 1260. The predicted molar refractivity (Wildman–Crippen MR) is 122 cm³/mol. The summed E-state index contributed by atoms with van der Waals surface area (Å²) in [4.78, 5) is 37.5. The van der Waals surface area contributed by atoms with E-state index in [1.807, 2.05) is 0 Å². The Balaban J connectivity index is 1.53. The van der Waals surface area contributed by atoms with Crippen LogP contribution in [-0.4, -0.2) is 24.3 Å². The molecule has 3 aromatic carbocycles. The molecule has 0 aromatic heterocycles. The molecule has 1 aliphatic heterocycles. The average molecular weight is 466 g/mol. The van der Waals surface area contributed by atoms with Crippen LogP contribution in [0.4, 0.5) is 15.8 Å². The molecule has 4 rings (SSSR count). The standard InChI is InChI=1S/C24H17ClFN3O4/c25-16-10-11-21(33-14-22(30)27-20-9-5-4-8-19(20)26)15(12-16)13-18-23(31)28-29(24(18)32)17-6-2-1-3-7-17/h1-13H,14H2,(H,27,30)(H,28,31)/b18-13-. The van der Waals surface area contributed by atoms with E-state index in [0.29, 0.717) is 16.3 Å². The number of nitrogens with zero attached hydrogens (tertiary/aromatic N) is 1. The molecule has 1 fully saturated rings. The molecule has 0 saturated carbocycles. The summed E-state index contributed by atoms with van der Waals surface area (Å²) < 4.78 is 19.3. The smallest absolute Gasteiger partial charge is 0.282 e. The SMILES string of the molecule is O=C(COc1ccc(Cl)cc1/C=C1/C(=O)NN(c2ccccc2)C1=O)Nc1ccccc1F. The van der Waals surface area contributed by atoms with Gasteiger partial charge in [-0.2, -0.15) is 0 Å². The maximum absolute atomic E-state index is 13.7. The van der Waals surface area contributed by atoms with Gasteiger partial charge >= 0.3 is 0 Å². The number of hydrogen-bond acceptors (Lipinski definition) is 4. The van der Waals surface area contributed by atoms with Crippen molar-refractivity contribution in [1.29, 1.82) is 0 Å². The monoisotopic (exact) mass is 465 g/mol. The van der Waals surface area contributed by atoms with E-state index in [4.69, 9.17) is 16.3 Å². The predicted octanol–water partition coefficient (Wildman–Crippen LogP) is 3.96. The summed E-state index contributed by atoms with van der Waals surface area (Å²) in [5.74, 6) is -2.08. The highest BCUT2D eigenvalue weighted by atomic mass is 35.5. The van der Waals surface area contributed by atoms with E-state index < -0.39 is 30.1 Å². The number of hydrogen-bond donors (Lipinski definition) is 2. The van der Waals surface area contributed by atoms with Gasteiger partial charge in [0.05, 0.1) is 11.4 Å². The zero-order valence-corrected chi connectivity index (χ0v) is 17.8. The molecule has 1 saturated heterocycles. The van der Waals surface area contributed by atoms with Crippen LogP contribution in [0, 0.1) is 5.82 Å². The third-order valence-corrected chi connectivity index (χ3v) is 4.92. The van der Waals surface area contributed by atoms with Crippen LogP contribution in [0.25, 0.3) is 6.08 Å². The minimum Gasteiger partial charge on any atom is -0.483 e. The number of rotatable bonds is 6. The Morgan fingerprint density at radius 2 is 1.79 bits per heavy atom. The number of anilines is 2. The number of carbonyl (C=O) groups excluding carboxylic acids is 3. The molecular formula is C24H17ClFN3O4. The highest BCUT2D eigenvalue weighted by Crippen LogP contribution is 2.28. The topological polar surface area (TPSA) is 87.7 Å². The van der Waals surface area contributed by atoms with E-state index in [1.165, 1.54) is 36.4 Å². The van der Waals surface area contributed by atoms with Gasteiger partial charge in [-0.25, -0.2) is 9.40 Å². The lowest BCUT2D eigenvalue weighted by molar-refractivity contribution is -0.118. The third-order valence-electron chi connectivity index (χ3n) is 4.68. The van der Waals surface area contributed by atoms with E-state index in [1.54, 1.807) is 42.5 Å². The van der Waals surface area contributed by atoms with E-state index in [-0.39, 0.29) is 17.0 Å². The molecule has 1 heterocycles. The number of hydrazine groups is 1. The molecule has 0 spiro atoms. The van der Waals surface area contributed by atoms with Crippen LogP contribution in [0.3, 0.4) is 0 Å². The highest BCUT2D eigenvalue weighted by Gasteiger charge is 2.34. The molecule has 1 aliphatic rings. The van der Waals surface area contributed by atoms with Crippen molar-refractivity contribution in [2.75, 3.05) is 16.9 Å². The number of halogens is 2. The molecule has 166 valence electrons. The summed E-state index contributed by atoms with van der Waals surface area (Å²) in [5, 5.41) is 3.90. The first kappa shape index (κ1) is 22.0. The lowest BCUT2D eigenvalue weighted by Gasteiger charge is -2.14. The Morgan fingerprint density at radius 3 is 2.55 bits per heavy atom. The molecule has 33 heavy (non-hydrogen) atoms. The minimum atomic E-state index is -0.591. The van der Waals surface area contributed by atoms with Crippen molar-refractivity contribution in [2.24, 2.45) is 0 Å². The second-order valence-electron chi connectivity index (χ2n) is 6.97. The van der Waals surface area contributed by atoms with Crippen molar-refractivity contribution in [1.82, 2.24) is 5.43 Å². The van der Waals surface area contributed by atoms with Gasteiger partial charge in [0, 0.05) is 10.6 Å². The first-order chi connectivity index (χ1) is 15.9. The maximum Gasteiger partial charge on any atom is 0.282 e. The Morgan fingerprint density at radius 1 is 1.06 bits per heavy atom. The molecule has 0 unspecified atom stereocenters. The first-order valence-corrected chi connectivity index (χ1v) is 10.2. The molecule has 9 heteroatoms. The van der Waals surface area contributed by atoms with Gasteiger partial charge in [-0.3, -0.25) is 19.8 Å². The van der Waals surface area contributed by atoms with Crippen molar-refractivity contribution in [3.63, 3.8) is 0 Å². The van der Waals surface area contributed by atoms with Gasteiger partial charge in [0.2, 0.25) is 0 Å². The molecular weight excluding hydrogens is 449 g/mol. The van der Waals surface area contributed by atoms with Crippen molar-refractivity contribution in [3.05, 3.63) is 94.8 Å².